The predicted octanol–water partition coefficient (Wildman–Crippen LogP) is 2.16. The molecule has 0 bridgehead atoms. The number of carbonyl (C=O) groups excluding carboxylic acids is 3. The maximum atomic E-state index is 12.4. The van der Waals surface area contributed by atoms with Crippen LogP contribution >= 0.6 is 0 Å². The van der Waals surface area contributed by atoms with Gasteiger partial charge in [0, 0.05) is 0 Å². The number of fused-ring (bicyclic) bond motifs is 1. The molecule has 0 saturated carbocycles. The van der Waals surface area contributed by atoms with Crippen molar-refractivity contribution in [1.29, 1.82) is 5.26 Å². The first kappa shape index (κ1) is 18.1. The molecule has 1 aliphatic heterocycles. The van der Waals surface area contributed by atoms with E-state index in [1.807, 2.05) is 6.07 Å². The summed E-state index contributed by atoms with van der Waals surface area (Å²) in [6.45, 7) is 1.52. The fraction of sp³-hybridized carbons (Fsp3) is 0.200. The lowest BCUT2D eigenvalue weighted by Gasteiger charge is -2.20. The van der Waals surface area contributed by atoms with Gasteiger partial charge in [0.15, 0.2) is 0 Å². The zero-order valence-corrected chi connectivity index (χ0v) is 14.5. The molecule has 0 aromatic heterocycles. The van der Waals surface area contributed by atoms with Crippen LogP contribution in [0.25, 0.3) is 0 Å². The van der Waals surface area contributed by atoms with Gasteiger partial charge >= 0.3 is 5.97 Å². The van der Waals surface area contributed by atoms with Crippen molar-refractivity contribution in [2.45, 2.75) is 13.0 Å². The monoisotopic (exact) mass is 364 g/mol. The van der Waals surface area contributed by atoms with Gasteiger partial charge in [0.2, 0.25) is 0 Å². The van der Waals surface area contributed by atoms with Gasteiger partial charge in [-0.1, -0.05) is 12.1 Å². The number of esters is 1. The highest BCUT2D eigenvalue weighted by Gasteiger charge is 2.41. The van der Waals surface area contributed by atoms with Gasteiger partial charge in [0.05, 0.1) is 22.8 Å². The summed E-state index contributed by atoms with van der Waals surface area (Å²) < 4.78 is 10.5. The second-order valence-corrected chi connectivity index (χ2v) is 5.85. The predicted molar refractivity (Wildman–Crippen MR) is 94.0 cm³/mol. The number of carbonyl (C=O) groups is 3. The summed E-state index contributed by atoms with van der Waals surface area (Å²) in [6, 6.07) is 13.9. The van der Waals surface area contributed by atoms with Gasteiger partial charge in [-0.25, -0.2) is 4.79 Å². The molecule has 0 aliphatic carbocycles. The fourth-order valence-corrected chi connectivity index (χ4v) is 2.71. The number of amides is 2. The van der Waals surface area contributed by atoms with Crippen molar-refractivity contribution in [3.8, 4) is 11.8 Å². The third kappa shape index (κ3) is 3.65. The van der Waals surface area contributed by atoms with Gasteiger partial charge in [-0.05, 0) is 43.3 Å². The topological polar surface area (TPSA) is 96.7 Å². The van der Waals surface area contributed by atoms with Gasteiger partial charge < -0.3 is 9.47 Å². The Bertz CT molecular complexity index is 895. The molecule has 1 atom stereocenters. The second kappa shape index (κ2) is 7.70. The van der Waals surface area contributed by atoms with Gasteiger partial charge in [-0.3, -0.25) is 14.5 Å². The highest BCUT2D eigenvalue weighted by molar-refractivity contribution is 6.22. The first-order chi connectivity index (χ1) is 13.0. The number of rotatable bonds is 6. The van der Waals surface area contributed by atoms with Gasteiger partial charge in [-0.2, -0.15) is 5.26 Å². The summed E-state index contributed by atoms with van der Waals surface area (Å²) >= 11 is 0. The van der Waals surface area contributed by atoms with E-state index in [9.17, 15) is 14.4 Å². The maximum Gasteiger partial charge on any atom is 0.329 e. The smallest absolute Gasteiger partial charge is 0.329 e. The van der Waals surface area contributed by atoms with Crippen LogP contribution in [-0.4, -0.2) is 41.9 Å². The number of ether oxygens (including phenoxy) is 2. The highest BCUT2D eigenvalue weighted by atomic mass is 16.6. The van der Waals surface area contributed by atoms with Crippen molar-refractivity contribution in [3.05, 3.63) is 65.2 Å². The van der Waals surface area contributed by atoms with Crippen LogP contribution in [0.3, 0.4) is 0 Å². The Balaban J connectivity index is 1.52. The molecule has 1 aliphatic rings. The zero-order valence-electron chi connectivity index (χ0n) is 14.5. The molecule has 0 radical (unpaired) electrons. The molecular formula is C20H16N2O5. The number of nitrogens with zero attached hydrogens (tertiary/aromatic N) is 2. The third-order valence-electron chi connectivity index (χ3n) is 4.13. The molecule has 1 heterocycles. The average molecular weight is 364 g/mol. The summed E-state index contributed by atoms with van der Waals surface area (Å²) in [4.78, 5) is 37.9. The van der Waals surface area contributed by atoms with E-state index in [1.165, 1.54) is 6.92 Å². The van der Waals surface area contributed by atoms with E-state index >= 15 is 0 Å². The summed E-state index contributed by atoms with van der Waals surface area (Å²) in [5.41, 5.74) is 1.08. The first-order valence-electron chi connectivity index (χ1n) is 8.29. The Morgan fingerprint density at radius 1 is 1.04 bits per heavy atom. The minimum atomic E-state index is -1.03. The number of imide groups is 1. The molecule has 0 spiro atoms. The van der Waals surface area contributed by atoms with E-state index in [0.717, 1.165) is 4.90 Å². The van der Waals surface area contributed by atoms with Gasteiger partial charge in [0.25, 0.3) is 11.8 Å². The third-order valence-corrected chi connectivity index (χ3v) is 4.13. The molecule has 2 aromatic carbocycles. The Hall–Kier alpha value is -3.66. The normalized spacial score (nSPS) is 13.7. The SMILES string of the molecule is C[C@H](C(=O)OCCOc1ccc(C#N)cc1)N1C(=O)c2ccccc2C1=O. The Morgan fingerprint density at radius 2 is 1.63 bits per heavy atom. The van der Waals surface area contributed by atoms with Gasteiger partial charge in [-0.15, -0.1) is 0 Å². The van der Waals surface area contributed by atoms with E-state index in [-0.39, 0.29) is 24.3 Å². The van der Waals surface area contributed by atoms with Crippen LogP contribution in [0.2, 0.25) is 0 Å². The molecule has 2 amide bonds. The van der Waals surface area contributed by atoms with Gasteiger partial charge in [0.1, 0.15) is 25.0 Å². The standard InChI is InChI=1S/C20H16N2O5/c1-13(22-18(23)16-4-2-3-5-17(16)19(22)24)20(25)27-11-10-26-15-8-6-14(12-21)7-9-15/h2-9,13H,10-11H2,1H3/t13-/m1/s1. The van der Waals surface area contributed by atoms with Crippen LogP contribution in [0.1, 0.15) is 33.2 Å². The summed E-state index contributed by atoms with van der Waals surface area (Å²) in [6.07, 6.45) is 0. The molecule has 136 valence electrons. The Morgan fingerprint density at radius 3 is 2.19 bits per heavy atom. The zero-order chi connectivity index (χ0) is 19.4. The Kier molecular flexibility index (Phi) is 5.18. The summed E-state index contributed by atoms with van der Waals surface area (Å²) in [5, 5.41) is 8.74. The maximum absolute atomic E-state index is 12.4. The molecule has 0 unspecified atom stereocenters. The molecule has 7 nitrogen and oxygen atoms in total. The molecule has 7 heteroatoms. The number of benzene rings is 2. The lowest BCUT2D eigenvalue weighted by Crippen LogP contribution is -2.44. The molecule has 0 fully saturated rings. The van der Waals surface area contributed by atoms with E-state index in [0.29, 0.717) is 11.3 Å². The molecular weight excluding hydrogens is 348 g/mol. The van der Waals surface area contributed by atoms with E-state index in [4.69, 9.17) is 14.7 Å². The van der Waals surface area contributed by atoms with Crippen molar-refractivity contribution in [2.24, 2.45) is 0 Å². The molecule has 0 N–H and O–H groups in total. The summed E-state index contributed by atoms with van der Waals surface area (Å²) in [5.74, 6) is -1.16. The van der Waals surface area contributed by atoms with Crippen molar-refractivity contribution < 1.29 is 23.9 Å². The van der Waals surface area contributed by atoms with Crippen LogP contribution in [0.5, 0.6) is 5.75 Å². The van der Waals surface area contributed by atoms with Crippen LogP contribution in [0, 0.1) is 11.3 Å². The lowest BCUT2D eigenvalue weighted by molar-refractivity contribution is -0.148. The van der Waals surface area contributed by atoms with E-state index in [2.05, 4.69) is 0 Å². The van der Waals surface area contributed by atoms with Crippen LogP contribution in [0.4, 0.5) is 0 Å². The molecule has 3 rings (SSSR count). The first-order valence-corrected chi connectivity index (χ1v) is 8.29. The lowest BCUT2D eigenvalue weighted by atomic mass is 10.1. The molecule has 27 heavy (non-hydrogen) atoms. The number of nitriles is 1. The quantitative estimate of drug-likeness (QED) is 0.443. The Labute approximate surface area is 155 Å². The second-order valence-electron chi connectivity index (χ2n) is 5.85. The van der Waals surface area contributed by atoms with Crippen molar-refractivity contribution in [2.75, 3.05) is 13.2 Å². The number of hydrogen-bond acceptors (Lipinski definition) is 6. The minimum absolute atomic E-state index is 0.0354. The highest BCUT2D eigenvalue weighted by Crippen LogP contribution is 2.24. The van der Waals surface area contributed by atoms with E-state index in [1.54, 1.807) is 48.5 Å². The van der Waals surface area contributed by atoms with Crippen LogP contribution < -0.4 is 4.74 Å². The minimum Gasteiger partial charge on any atom is -0.490 e. The van der Waals surface area contributed by atoms with E-state index < -0.39 is 23.8 Å². The number of hydrogen-bond donors (Lipinski definition) is 0. The summed E-state index contributed by atoms with van der Waals surface area (Å²) in [7, 11) is 0. The molecule has 0 saturated heterocycles. The van der Waals surface area contributed by atoms with Crippen LogP contribution in [0.15, 0.2) is 48.5 Å². The van der Waals surface area contributed by atoms with Crippen LogP contribution in [-0.2, 0) is 9.53 Å². The van der Waals surface area contributed by atoms with Crippen molar-refractivity contribution in [1.82, 2.24) is 4.90 Å². The van der Waals surface area contributed by atoms with Crippen molar-refractivity contribution in [3.63, 3.8) is 0 Å². The molecule has 2 aromatic rings. The largest absolute Gasteiger partial charge is 0.490 e. The van der Waals surface area contributed by atoms with Crippen molar-refractivity contribution >= 4 is 17.8 Å². The average Bonchev–Trinajstić information content (AvgIpc) is 2.95. The fourth-order valence-electron chi connectivity index (χ4n) is 2.71.